The maximum atomic E-state index is 16.4. The van der Waals surface area contributed by atoms with E-state index >= 15 is 8.78 Å². The number of benzene rings is 3. The summed E-state index contributed by atoms with van der Waals surface area (Å²) in [5.41, 5.74) is 5.36. The number of halogens is 2. The Morgan fingerprint density at radius 1 is 0.746 bits per heavy atom. The monoisotopic (exact) mass is 922 g/mol. The quantitative estimate of drug-likeness (QED) is 0.0955. The van der Waals surface area contributed by atoms with Crippen LogP contribution in [0.2, 0.25) is 0 Å². The molecule has 67 heavy (non-hydrogen) atoms. The first-order valence-corrected chi connectivity index (χ1v) is 23.6. The molecular weight excluding hydrogens is 863 g/mol. The summed E-state index contributed by atoms with van der Waals surface area (Å²) in [4.78, 5) is 75.2. The van der Waals surface area contributed by atoms with E-state index in [-0.39, 0.29) is 54.1 Å². The number of carbonyl (C=O) groups is 4. The fourth-order valence-electron chi connectivity index (χ4n) is 10.9. The van der Waals surface area contributed by atoms with Crippen molar-refractivity contribution >= 4 is 57.4 Å². The Labute approximate surface area is 388 Å². The van der Waals surface area contributed by atoms with Gasteiger partial charge < -0.3 is 49.7 Å². The van der Waals surface area contributed by atoms with Gasteiger partial charge in [-0.15, -0.1) is 0 Å². The highest BCUT2D eigenvalue weighted by atomic mass is 19.1. The predicted molar refractivity (Wildman–Crippen MR) is 248 cm³/mol. The Bertz CT molecular complexity index is 2650. The number of nitrogens with one attached hydrogen (secondary N) is 4. The van der Waals surface area contributed by atoms with Crippen LogP contribution in [-0.2, 0) is 19.1 Å². The van der Waals surface area contributed by atoms with Crippen molar-refractivity contribution in [3.05, 3.63) is 82.9 Å². The molecule has 5 aromatic rings. The minimum atomic E-state index is -0.759. The summed E-state index contributed by atoms with van der Waals surface area (Å²) in [7, 11) is 2.52. The van der Waals surface area contributed by atoms with E-state index in [0.29, 0.717) is 75.1 Å². The number of carbonyl (C=O) groups excluding carboxylic acids is 4. The predicted octanol–water partition coefficient (Wildman–Crippen LogP) is 8.10. The molecule has 0 spiro atoms. The molecule has 0 radical (unpaired) electrons. The van der Waals surface area contributed by atoms with Gasteiger partial charge in [-0.25, -0.2) is 28.3 Å². The first-order chi connectivity index (χ1) is 32.3. The van der Waals surface area contributed by atoms with Crippen LogP contribution in [0.1, 0.15) is 119 Å². The molecule has 4 saturated heterocycles. The van der Waals surface area contributed by atoms with Gasteiger partial charge in [0.25, 0.3) is 0 Å². The van der Waals surface area contributed by atoms with E-state index in [1.54, 1.807) is 9.80 Å². The minimum absolute atomic E-state index is 0.0190. The third-order valence-corrected chi connectivity index (χ3v) is 14.4. The number of H-pyrrole nitrogens is 2. The largest absolute Gasteiger partial charge is 0.453 e. The summed E-state index contributed by atoms with van der Waals surface area (Å²) < 4.78 is 42.3. The van der Waals surface area contributed by atoms with Gasteiger partial charge in [-0.3, -0.25) is 9.59 Å². The molecule has 0 bridgehead atoms. The summed E-state index contributed by atoms with van der Waals surface area (Å²) >= 11 is 0. The maximum absolute atomic E-state index is 16.4. The topological polar surface area (TPSA) is 181 Å². The highest BCUT2D eigenvalue weighted by Gasteiger charge is 2.40. The third kappa shape index (κ3) is 8.93. The summed E-state index contributed by atoms with van der Waals surface area (Å²) in [5.74, 6) is -0.0734. The average Bonchev–Trinajstić information content (AvgIpc) is 4.19. The number of anilines is 2. The van der Waals surface area contributed by atoms with Crippen LogP contribution in [0.5, 0.6) is 0 Å². The molecule has 9 rings (SSSR count). The molecule has 0 saturated carbocycles. The SMILES string of the molecule is CC[C@H]1CCN(c2c(F)cc(N3[C@@H](c4ccc5nc([C@@H]6CCCN6C(=O)CNC(=O)OC)[nH]c5c4)CC[C@@H]3c3ccc4nc([C@@H]5CCCN5C(=O)C(NC(=O)OC)C(C)C)[nH]c4c3)cc2F)C1. The molecule has 4 aliphatic heterocycles. The number of alkyl carbamates (subject to hydrolysis) is 2. The molecule has 18 heteroatoms. The number of imidazole rings is 2. The van der Waals surface area contributed by atoms with E-state index in [1.807, 2.05) is 49.1 Å². The number of likely N-dealkylation sites (tertiary alicyclic amines) is 2. The number of aromatic nitrogens is 4. The Balaban J connectivity index is 1.03. The van der Waals surface area contributed by atoms with Crippen molar-refractivity contribution in [1.29, 1.82) is 0 Å². The number of ether oxygens (including phenoxy) is 2. The number of amides is 4. The van der Waals surface area contributed by atoms with Gasteiger partial charge in [-0.1, -0.05) is 39.3 Å². The molecule has 4 amide bonds. The van der Waals surface area contributed by atoms with Crippen LogP contribution in [0, 0.1) is 23.5 Å². The first kappa shape index (κ1) is 45.7. The maximum Gasteiger partial charge on any atom is 0.407 e. The van der Waals surface area contributed by atoms with E-state index in [2.05, 4.69) is 43.2 Å². The molecule has 6 heterocycles. The zero-order valence-corrected chi connectivity index (χ0v) is 38.7. The van der Waals surface area contributed by atoms with Crippen molar-refractivity contribution in [2.45, 2.75) is 102 Å². The third-order valence-electron chi connectivity index (χ3n) is 14.4. The number of hydrogen-bond acceptors (Lipinski definition) is 10. The normalized spacial score (nSPS) is 22.4. The fraction of sp³-hybridized carbons (Fsp3) is 0.510. The van der Waals surface area contributed by atoms with Crippen LogP contribution < -0.4 is 20.4 Å². The minimum Gasteiger partial charge on any atom is -0.453 e. The van der Waals surface area contributed by atoms with Crippen LogP contribution in [0.15, 0.2) is 48.5 Å². The van der Waals surface area contributed by atoms with E-state index < -0.39 is 29.9 Å². The number of nitrogens with zero attached hydrogens (tertiary/aromatic N) is 6. The zero-order valence-electron chi connectivity index (χ0n) is 38.7. The molecule has 1 unspecified atom stereocenters. The highest BCUT2D eigenvalue weighted by Crippen LogP contribution is 2.49. The number of aromatic amines is 2. The van der Waals surface area contributed by atoms with Crippen molar-refractivity contribution < 1.29 is 37.4 Å². The molecule has 4 fully saturated rings. The Hall–Kier alpha value is -6.46. The first-order valence-electron chi connectivity index (χ1n) is 23.6. The van der Waals surface area contributed by atoms with Gasteiger partial charge in [0.1, 0.15) is 29.9 Å². The van der Waals surface area contributed by atoms with Gasteiger partial charge in [0.05, 0.1) is 60.5 Å². The second-order valence-electron chi connectivity index (χ2n) is 18.7. The van der Waals surface area contributed by atoms with E-state index in [1.165, 1.54) is 26.4 Å². The lowest BCUT2D eigenvalue weighted by Crippen LogP contribution is -2.51. The lowest BCUT2D eigenvalue weighted by Gasteiger charge is -2.34. The number of rotatable bonds is 12. The highest BCUT2D eigenvalue weighted by molar-refractivity contribution is 5.87. The lowest BCUT2D eigenvalue weighted by atomic mass is 10.0. The number of methoxy groups -OCH3 is 2. The number of fused-ring (bicyclic) bond motifs is 2. The summed E-state index contributed by atoms with van der Waals surface area (Å²) in [6, 6.07) is 13.1. The fourth-order valence-corrected chi connectivity index (χ4v) is 10.9. The van der Waals surface area contributed by atoms with Crippen molar-refractivity contribution in [2.75, 3.05) is 56.7 Å². The second kappa shape index (κ2) is 19.0. The van der Waals surface area contributed by atoms with Crippen molar-refractivity contribution in [2.24, 2.45) is 11.8 Å². The van der Waals surface area contributed by atoms with Crippen molar-refractivity contribution in [3.8, 4) is 0 Å². The molecule has 4 aliphatic rings. The van der Waals surface area contributed by atoms with Crippen LogP contribution >= 0.6 is 0 Å². The van der Waals surface area contributed by atoms with Crippen molar-refractivity contribution in [1.82, 2.24) is 40.4 Å². The summed E-state index contributed by atoms with van der Waals surface area (Å²) in [6.45, 7) is 7.97. The summed E-state index contributed by atoms with van der Waals surface area (Å²) in [5, 5.41) is 5.19. The number of hydrogen-bond donors (Lipinski definition) is 4. The van der Waals surface area contributed by atoms with E-state index in [4.69, 9.17) is 14.7 Å². The van der Waals surface area contributed by atoms with Gasteiger partial charge in [-0.05, 0) is 104 Å². The Kier molecular flexibility index (Phi) is 13.0. The van der Waals surface area contributed by atoms with Crippen LogP contribution in [0.4, 0.5) is 29.7 Å². The molecule has 2 aromatic heterocycles. The average molecular weight is 923 g/mol. The van der Waals surface area contributed by atoms with E-state index in [9.17, 15) is 19.2 Å². The molecule has 0 aliphatic carbocycles. The molecule has 3 aromatic carbocycles. The van der Waals surface area contributed by atoms with Gasteiger partial charge in [-0.2, -0.15) is 0 Å². The Morgan fingerprint density at radius 3 is 1.85 bits per heavy atom. The van der Waals surface area contributed by atoms with Crippen molar-refractivity contribution in [3.63, 3.8) is 0 Å². The van der Waals surface area contributed by atoms with Gasteiger partial charge in [0, 0.05) is 31.9 Å². The molecule has 6 atom stereocenters. The standard InChI is InChI=1S/C49H60F2N10O6/c1-6-28-17-20-58(26-28)44-32(50)23-31(24-33(44)51)61-38(29-11-13-34-36(21-29)55-45(53-34)40-9-7-18-59(40)42(62)25-52-48(64)66-4)15-16-39(61)30-12-14-35-37(22-30)56-46(54-35)41-10-8-19-60(41)47(63)43(27(2)3)57-49(65)67-5/h11-14,21-24,27-28,38-41,43H,6-10,15-20,25-26H2,1-5H3,(H,52,64)(H,53,55)(H,54,56)(H,57,65)/t28-,38+,39+,40-,41-,43?/m0/s1. The van der Waals surface area contributed by atoms with E-state index in [0.717, 1.165) is 58.9 Å². The lowest BCUT2D eigenvalue weighted by molar-refractivity contribution is -0.135. The molecular formula is C49H60F2N10O6. The summed E-state index contributed by atoms with van der Waals surface area (Å²) in [6.07, 6.45) is 4.87. The van der Waals surface area contributed by atoms with Gasteiger partial charge in [0.15, 0.2) is 11.6 Å². The molecule has 16 nitrogen and oxygen atoms in total. The Morgan fingerprint density at radius 2 is 1.31 bits per heavy atom. The van der Waals surface area contributed by atoms with Crippen LogP contribution in [0.25, 0.3) is 22.1 Å². The zero-order chi connectivity index (χ0) is 47.1. The second-order valence-corrected chi connectivity index (χ2v) is 18.7. The molecule has 356 valence electrons. The van der Waals surface area contributed by atoms with Crippen LogP contribution in [-0.4, -0.2) is 107 Å². The molecule has 4 N–H and O–H groups in total. The smallest absolute Gasteiger partial charge is 0.407 e. The van der Waals surface area contributed by atoms with Crippen LogP contribution in [0.3, 0.4) is 0 Å². The van der Waals surface area contributed by atoms with Gasteiger partial charge in [0.2, 0.25) is 11.8 Å². The van der Waals surface area contributed by atoms with Gasteiger partial charge >= 0.3 is 12.2 Å².